The van der Waals surface area contributed by atoms with Gasteiger partial charge in [0, 0.05) is 5.56 Å². The summed E-state index contributed by atoms with van der Waals surface area (Å²) in [6.07, 6.45) is 0. The van der Waals surface area contributed by atoms with E-state index in [9.17, 15) is 19.7 Å². The van der Waals surface area contributed by atoms with Gasteiger partial charge in [-0.25, -0.2) is 4.79 Å². The highest BCUT2D eigenvalue weighted by Gasteiger charge is 2.28. The number of carboxylic acid groups (broad SMARTS) is 1. The Bertz CT molecular complexity index is 495. The predicted molar refractivity (Wildman–Crippen MR) is 53.3 cm³/mol. The minimum Gasteiger partial charge on any atom is -0.477 e. The fraction of sp³-hybridized carbons (Fsp3) is 0.111. The lowest BCUT2D eigenvalue weighted by molar-refractivity contribution is -0.385. The van der Waals surface area contributed by atoms with Crippen LogP contribution in [0.2, 0.25) is 0 Å². The lowest BCUT2D eigenvalue weighted by Gasteiger charge is -2.05. The Hall–Kier alpha value is -2.44. The molecular formula is C9H8N2O5. The zero-order chi connectivity index (χ0) is 12.5. The molecular weight excluding hydrogens is 216 g/mol. The number of nitro groups is 1. The van der Waals surface area contributed by atoms with Crippen LogP contribution in [0.3, 0.4) is 0 Å². The first-order valence-corrected chi connectivity index (χ1v) is 4.17. The number of carbonyl (C=O) groups is 2. The monoisotopic (exact) mass is 224 g/mol. The largest absolute Gasteiger partial charge is 0.477 e. The SMILES string of the molecule is Cc1ccc(C(N)=O)c(C(=O)O)c1[N+](=O)[O-]. The van der Waals surface area contributed by atoms with Crippen molar-refractivity contribution in [2.24, 2.45) is 5.73 Å². The maximum absolute atomic E-state index is 10.9. The van der Waals surface area contributed by atoms with Gasteiger partial charge in [0.1, 0.15) is 5.56 Å². The molecule has 0 aliphatic heterocycles. The number of aromatic carboxylic acids is 1. The van der Waals surface area contributed by atoms with E-state index in [0.29, 0.717) is 0 Å². The van der Waals surface area contributed by atoms with Crippen molar-refractivity contribution >= 4 is 17.6 Å². The van der Waals surface area contributed by atoms with Crippen LogP contribution in [0.4, 0.5) is 5.69 Å². The van der Waals surface area contributed by atoms with Crippen molar-refractivity contribution in [1.82, 2.24) is 0 Å². The Morgan fingerprint density at radius 3 is 2.38 bits per heavy atom. The van der Waals surface area contributed by atoms with Crippen LogP contribution in [-0.2, 0) is 0 Å². The molecule has 7 heteroatoms. The van der Waals surface area contributed by atoms with Crippen LogP contribution in [0.5, 0.6) is 0 Å². The first kappa shape index (κ1) is 11.6. The van der Waals surface area contributed by atoms with Gasteiger partial charge in [-0.15, -0.1) is 0 Å². The molecule has 0 atom stereocenters. The van der Waals surface area contributed by atoms with E-state index in [2.05, 4.69) is 0 Å². The average Bonchev–Trinajstić information content (AvgIpc) is 2.15. The number of hydrogen-bond acceptors (Lipinski definition) is 4. The Morgan fingerprint density at radius 1 is 1.44 bits per heavy atom. The highest BCUT2D eigenvalue weighted by molar-refractivity contribution is 6.07. The molecule has 0 spiro atoms. The van der Waals surface area contributed by atoms with Crippen molar-refractivity contribution in [3.8, 4) is 0 Å². The van der Waals surface area contributed by atoms with Gasteiger partial charge in [-0.05, 0) is 13.0 Å². The van der Waals surface area contributed by atoms with Crippen LogP contribution in [0, 0.1) is 17.0 Å². The van der Waals surface area contributed by atoms with Gasteiger partial charge in [0.05, 0.1) is 10.5 Å². The second-order valence-electron chi connectivity index (χ2n) is 3.08. The molecule has 0 saturated carbocycles. The summed E-state index contributed by atoms with van der Waals surface area (Å²) in [7, 11) is 0. The third-order valence-electron chi connectivity index (χ3n) is 2.04. The van der Waals surface area contributed by atoms with Crippen molar-refractivity contribution in [3.05, 3.63) is 38.9 Å². The molecule has 0 aromatic heterocycles. The Labute approximate surface area is 89.6 Å². The molecule has 3 N–H and O–H groups in total. The average molecular weight is 224 g/mol. The molecule has 0 fully saturated rings. The fourth-order valence-corrected chi connectivity index (χ4v) is 1.35. The summed E-state index contributed by atoms with van der Waals surface area (Å²) in [6, 6.07) is 2.44. The van der Waals surface area contributed by atoms with E-state index in [0.717, 1.165) is 6.07 Å². The van der Waals surface area contributed by atoms with Gasteiger partial charge in [0.15, 0.2) is 0 Å². The van der Waals surface area contributed by atoms with Gasteiger partial charge in [-0.3, -0.25) is 14.9 Å². The summed E-state index contributed by atoms with van der Waals surface area (Å²) in [5, 5.41) is 19.6. The van der Waals surface area contributed by atoms with Crippen LogP contribution in [0.25, 0.3) is 0 Å². The summed E-state index contributed by atoms with van der Waals surface area (Å²) in [5.74, 6) is -2.57. The maximum Gasteiger partial charge on any atom is 0.343 e. The maximum atomic E-state index is 10.9. The van der Waals surface area contributed by atoms with Crippen LogP contribution in [0.1, 0.15) is 26.3 Å². The number of aryl methyl sites for hydroxylation is 1. The molecule has 1 aromatic carbocycles. The highest BCUT2D eigenvalue weighted by Crippen LogP contribution is 2.26. The predicted octanol–water partition coefficient (Wildman–Crippen LogP) is 0.700. The van der Waals surface area contributed by atoms with E-state index in [1.165, 1.54) is 13.0 Å². The Morgan fingerprint density at radius 2 is 2.00 bits per heavy atom. The molecule has 0 heterocycles. The van der Waals surface area contributed by atoms with E-state index in [1.54, 1.807) is 0 Å². The molecule has 84 valence electrons. The highest BCUT2D eigenvalue weighted by atomic mass is 16.6. The lowest BCUT2D eigenvalue weighted by atomic mass is 10.0. The molecule has 7 nitrogen and oxygen atoms in total. The van der Waals surface area contributed by atoms with E-state index in [-0.39, 0.29) is 11.1 Å². The van der Waals surface area contributed by atoms with E-state index < -0.39 is 28.1 Å². The number of nitrogens with two attached hydrogens (primary N) is 1. The molecule has 1 aromatic rings. The Kier molecular flexibility index (Phi) is 2.89. The first-order valence-electron chi connectivity index (χ1n) is 4.17. The summed E-state index contributed by atoms with van der Waals surface area (Å²) in [5.41, 5.74) is 3.46. The third-order valence-corrected chi connectivity index (χ3v) is 2.04. The summed E-state index contributed by atoms with van der Waals surface area (Å²) in [4.78, 5) is 31.7. The second kappa shape index (κ2) is 3.97. The van der Waals surface area contributed by atoms with Crippen LogP contribution < -0.4 is 5.73 Å². The van der Waals surface area contributed by atoms with E-state index in [1.807, 2.05) is 0 Å². The number of rotatable bonds is 3. The van der Waals surface area contributed by atoms with Crippen molar-refractivity contribution in [3.63, 3.8) is 0 Å². The zero-order valence-electron chi connectivity index (χ0n) is 8.26. The van der Waals surface area contributed by atoms with Gasteiger partial charge in [0.2, 0.25) is 5.91 Å². The molecule has 0 radical (unpaired) electrons. The minimum absolute atomic E-state index is 0.160. The van der Waals surface area contributed by atoms with Crippen LogP contribution >= 0.6 is 0 Å². The third kappa shape index (κ3) is 1.83. The summed E-state index contributed by atoms with van der Waals surface area (Å²) in [6.45, 7) is 1.38. The number of nitrogens with zero attached hydrogens (tertiary/aromatic N) is 1. The number of benzene rings is 1. The fourth-order valence-electron chi connectivity index (χ4n) is 1.35. The molecule has 0 saturated heterocycles. The molecule has 0 aliphatic rings. The lowest BCUT2D eigenvalue weighted by Crippen LogP contribution is -2.18. The van der Waals surface area contributed by atoms with Gasteiger partial charge in [0.25, 0.3) is 5.69 Å². The molecule has 16 heavy (non-hydrogen) atoms. The molecule has 0 aliphatic carbocycles. The minimum atomic E-state index is -1.55. The van der Waals surface area contributed by atoms with Gasteiger partial charge in [-0.1, -0.05) is 6.07 Å². The molecule has 0 bridgehead atoms. The van der Waals surface area contributed by atoms with Crippen molar-refractivity contribution in [2.75, 3.05) is 0 Å². The first-order chi connectivity index (χ1) is 7.36. The number of carbonyl (C=O) groups excluding carboxylic acids is 1. The number of carboxylic acids is 1. The smallest absolute Gasteiger partial charge is 0.343 e. The second-order valence-corrected chi connectivity index (χ2v) is 3.08. The van der Waals surface area contributed by atoms with Gasteiger partial charge in [-0.2, -0.15) is 0 Å². The Balaban J connectivity index is 3.70. The van der Waals surface area contributed by atoms with Crippen molar-refractivity contribution in [1.29, 1.82) is 0 Å². The van der Waals surface area contributed by atoms with Gasteiger partial charge >= 0.3 is 5.97 Å². The quantitative estimate of drug-likeness (QED) is 0.577. The standard InChI is InChI=1S/C9H8N2O5/c1-4-2-3-5(8(10)12)6(9(13)14)7(4)11(15)16/h2-3H,1H3,(H2,10,12)(H,13,14). The van der Waals surface area contributed by atoms with E-state index in [4.69, 9.17) is 10.8 Å². The van der Waals surface area contributed by atoms with E-state index >= 15 is 0 Å². The van der Waals surface area contributed by atoms with Gasteiger partial charge < -0.3 is 10.8 Å². The number of nitro benzene ring substituents is 1. The number of hydrogen-bond donors (Lipinski definition) is 2. The van der Waals surface area contributed by atoms with Crippen molar-refractivity contribution in [2.45, 2.75) is 6.92 Å². The zero-order valence-corrected chi connectivity index (χ0v) is 8.26. The summed E-state index contributed by atoms with van der Waals surface area (Å²) >= 11 is 0. The molecule has 1 amide bonds. The summed E-state index contributed by atoms with van der Waals surface area (Å²) < 4.78 is 0. The molecule has 1 rings (SSSR count). The number of amides is 1. The number of primary amides is 1. The molecule has 0 unspecified atom stereocenters. The van der Waals surface area contributed by atoms with Crippen LogP contribution in [-0.4, -0.2) is 21.9 Å². The van der Waals surface area contributed by atoms with Crippen LogP contribution in [0.15, 0.2) is 12.1 Å². The van der Waals surface area contributed by atoms with Crippen molar-refractivity contribution < 1.29 is 19.6 Å². The topological polar surface area (TPSA) is 124 Å². The normalized spacial score (nSPS) is 9.81.